The minimum Gasteiger partial charge on any atom is -0.350 e. The van der Waals surface area contributed by atoms with E-state index in [9.17, 15) is 9.18 Å². The third kappa shape index (κ3) is 0.582. The Kier molecular flexibility index (Phi) is 1.19. The number of nitrogens with one attached hydrogen (secondary N) is 1. The molecule has 1 heterocycles. The van der Waals surface area contributed by atoms with Crippen molar-refractivity contribution in [2.45, 2.75) is 13.0 Å². The van der Waals surface area contributed by atoms with Crippen molar-refractivity contribution in [1.82, 2.24) is 5.32 Å². The van der Waals surface area contributed by atoms with E-state index in [1.54, 1.807) is 6.92 Å². The van der Waals surface area contributed by atoms with Crippen LogP contribution >= 0.6 is 0 Å². The lowest BCUT2D eigenvalue weighted by Crippen LogP contribution is -2.57. The summed E-state index contributed by atoms with van der Waals surface area (Å²) in [5, 5.41) is 2.43. The second-order valence-corrected chi connectivity index (χ2v) is 2.06. The molecule has 0 aromatic rings. The topological polar surface area (TPSA) is 29.1 Å². The highest BCUT2D eigenvalue weighted by molar-refractivity contribution is 5.85. The number of carbonyl (C=O) groups is 1. The van der Waals surface area contributed by atoms with Gasteiger partial charge >= 0.3 is 0 Å². The van der Waals surface area contributed by atoms with Crippen LogP contribution in [0.4, 0.5) is 4.39 Å². The summed E-state index contributed by atoms with van der Waals surface area (Å²) in [7, 11) is 0. The van der Waals surface area contributed by atoms with Crippen molar-refractivity contribution >= 4 is 5.91 Å². The fourth-order valence-electron chi connectivity index (χ4n) is 0.698. The molecule has 3 heteroatoms. The highest BCUT2D eigenvalue weighted by atomic mass is 19.1. The summed E-state index contributed by atoms with van der Waals surface area (Å²) in [6, 6.07) is -0.206. The van der Waals surface area contributed by atoms with E-state index in [1.807, 2.05) is 0 Å². The van der Waals surface area contributed by atoms with Gasteiger partial charge in [0.15, 0.2) is 0 Å². The quantitative estimate of drug-likeness (QED) is 0.484. The van der Waals surface area contributed by atoms with E-state index < -0.39 is 6.67 Å². The summed E-state index contributed by atoms with van der Waals surface area (Å²) in [6.07, 6.45) is 0. The van der Waals surface area contributed by atoms with Crippen LogP contribution in [-0.4, -0.2) is 18.6 Å². The van der Waals surface area contributed by atoms with E-state index >= 15 is 0 Å². The van der Waals surface area contributed by atoms with Gasteiger partial charge in [-0.25, -0.2) is 4.39 Å². The van der Waals surface area contributed by atoms with E-state index in [0.717, 1.165) is 0 Å². The molecule has 1 saturated heterocycles. The highest BCUT2D eigenvalue weighted by Crippen LogP contribution is 2.13. The number of hydrogen-bond donors (Lipinski definition) is 1. The second kappa shape index (κ2) is 1.73. The molecule has 0 spiro atoms. The molecule has 8 heavy (non-hydrogen) atoms. The molecular formula is C5H8FNO. The summed E-state index contributed by atoms with van der Waals surface area (Å²) in [6.45, 7) is 1.29. The summed E-state index contributed by atoms with van der Waals surface area (Å²) in [5.74, 6) is -0.146. The first-order valence-electron chi connectivity index (χ1n) is 2.62. The minimum atomic E-state index is -0.438. The molecule has 1 amide bonds. The Bertz CT molecular complexity index is 115. The van der Waals surface area contributed by atoms with Gasteiger partial charge in [-0.15, -0.1) is 0 Å². The summed E-state index contributed by atoms with van der Waals surface area (Å²) in [4.78, 5) is 10.3. The maximum Gasteiger partial charge on any atom is 0.225 e. The van der Waals surface area contributed by atoms with Crippen molar-refractivity contribution < 1.29 is 9.18 Å². The zero-order valence-corrected chi connectivity index (χ0v) is 4.65. The fraction of sp³-hybridized carbons (Fsp3) is 0.800. The highest BCUT2D eigenvalue weighted by Gasteiger charge is 2.34. The molecule has 2 atom stereocenters. The molecule has 2 nitrogen and oxygen atoms in total. The van der Waals surface area contributed by atoms with Gasteiger partial charge in [0.05, 0.1) is 12.0 Å². The first kappa shape index (κ1) is 5.54. The average molecular weight is 117 g/mol. The minimum absolute atomic E-state index is 0.0346. The Morgan fingerprint density at radius 1 is 1.88 bits per heavy atom. The molecule has 0 aromatic carbocycles. The molecule has 1 aliphatic rings. The van der Waals surface area contributed by atoms with Crippen molar-refractivity contribution in [2.24, 2.45) is 5.92 Å². The number of amides is 1. The zero-order valence-electron chi connectivity index (χ0n) is 4.65. The largest absolute Gasteiger partial charge is 0.350 e. The molecule has 1 N–H and O–H groups in total. The van der Waals surface area contributed by atoms with Crippen LogP contribution in [0.5, 0.6) is 0 Å². The molecule has 1 fully saturated rings. The third-order valence-electron chi connectivity index (χ3n) is 1.51. The predicted molar refractivity (Wildman–Crippen MR) is 27.1 cm³/mol. The molecule has 1 rings (SSSR count). The van der Waals surface area contributed by atoms with Crippen LogP contribution in [0.2, 0.25) is 0 Å². The van der Waals surface area contributed by atoms with Crippen LogP contribution in [0.15, 0.2) is 0 Å². The van der Waals surface area contributed by atoms with E-state index in [2.05, 4.69) is 5.32 Å². The van der Waals surface area contributed by atoms with Crippen LogP contribution in [0, 0.1) is 5.92 Å². The van der Waals surface area contributed by atoms with Crippen molar-refractivity contribution in [3.05, 3.63) is 0 Å². The standard InChI is InChI=1S/C5H8FNO/c1-3-4(2-6)7-5(3)8/h3-4H,2H2,1H3,(H,7,8)/t3-,4-/m0/s1. The number of halogens is 1. The maximum atomic E-state index is 11.6. The van der Waals surface area contributed by atoms with Crippen LogP contribution < -0.4 is 5.32 Å². The van der Waals surface area contributed by atoms with Gasteiger partial charge in [-0.1, -0.05) is 6.92 Å². The Morgan fingerprint density at radius 3 is 2.62 bits per heavy atom. The Morgan fingerprint density at radius 2 is 2.50 bits per heavy atom. The molecule has 1 aliphatic heterocycles. The molecular weight excluding hydrogens is 109 g/mol. The van der Waals surface area contributed by atoms with Gasteiger partial charge in [0.25, 0.3) is 0 Å². The zero-order chi connectivity index (χ0) is 6.15. The molecule has 46 valence electrons. The second-order valence-electron chi connectivity index (χ2n) is 2.06. The number of rotatable bonds is 1. The van der Waals surface area contributed by atoms with Gasteiger partial charge < -0.3 is 5.32 Å². The number of alkyl halides is 1. The van der Waals surface area contributed by atoms with Gasteiger partial charge in [0.1, 0.15) is 6.67 Å². The summed E-state index contributed by atoms with van der Waals surface area (Å²) in [5.41, 5.74) is 0. The van der Waals surface area contributed by atoms with E-state index in [4.69, 9.17) is 0 Å². The molecule has 0 bridgehead atoms. The monoisotopic (exact) mass is 117 g/mol. The van der Waals surface area contributed by atoms with Crippen LogP contribution in [0.3, 0.4) is 0 Å². The first-order chi connectivity index (χ1) is 3.75. The number of carbonyl (C=O) groups excluding carboxylic acids is 1. The van der Waals surface area contributed by atoms with Crippen molar-refractivity contribution in [1.29, 1.82) is 0 Å². The molecule has 0 radical (unpaired) electrons. The van der Waals surface area contributed by atoms with Gasteiger partial charge in [0, 0.05) is 0 Å². The Hall–Kier alpha value is -0.600. The summed E-state index contributed by atoms with van der Waals surface area (Å²) >= 11 is 0. The van der Waals surface area contributed by atoms with Gasteiger partial charge in [0.2, 0.25) is 5.91 Å². The van der Waals surface area contributed by atoms with E-state index in [0.29, 0.717) is 0 Å². The van der Waals surface area contributed by atoms with E-state index in [-0.39, 0.29) is 17.9 Å². The van der Waals surface area contributed by atoms with E-state index in [1.165, 1.54) is 0 Å². The lowest BCUT2D eigenvalue weighted by atomic mass is 9.94. The lowest BCUT2D eigenvalue weighted by molar-refractivity contribution is -0.134. The average Bonchev–Trinajstić information content (AvgIpc) is 1.81. The fourth-order valence-corrected chi connectivity index (χ4v) is 0.698. The smallest absolute Gasteiger partial charge is 0.225 e. The molecule has 0 aliphatic carbocycles. The van der Waals surface area contributed by atoms with Gasteiger partial charge in [-0.05, 0) is 0 Å². The van der Waals surface area contributed by atoms with Gasteiger partial charge in [-0.3, -0.25) is 4.79 Å². The SMILES string of the molecule is C[C@@H]1C(=O)N[C@H]1CF. The molecule has 0 saturated carbocycles. The first-order valence-corrected chi connectivity index (χ1v) is 2.62. The maximum absolute atomic E-state index is 11.6. The van der Waals surface area contributed by atoms with Crippen LogP contribution in [0.25, 0.3) is 0 Å². The molecule has 0 aromatic heterocycles. The number of hydrogen-bond acceptors (Lipinski definition) is 1. The van der Waals surface area contributed by atoms with Crippen molar-refractivity contribution in [3.8, 4) is 0 Å². The third-order valence-corrected chi connectivity index (χ3v) is 1.51. The Balaban J connectivity index is 2.35. The van der Waals surface area contributed by atoms with Gasteiger partial charge in [-0.2, -0.15) is 0 Å². The lowest BCUT2D eigenvalue weighted by Gasteiger charge is -2.31. The normalized spacial score (nSPS) is 36.0. The predicted octanol–water partition coefficient (Wildman–Crippen LogP) is 0.0904. The Labute approximate surface area is 47.1 Å². The number of β-lactam (4-membered cyclic amide) rings is 1. The van der Waals surface area contributed by atoms with Crippen molar-refractivity contribution in [3.63, 3.8) is 0 Å². The van der Waals surface area contributed by atoms with Crippen LogP contribution in [-0.2, 0) is 4.79 Å². The molecule has 0 unspecified atom stereocenters. The van der Waals surface area contributed by atoms with Crippen molar-refractivity contribution in [2.75, 3.05) is 6.67 Å². The van der Waals surface area contributed by atoms with Crippen LogP contribution in [0.1, 0.15) is 6.92 Å². The summed E-state index contributed by atoms with van der Waals surface area (Å²) < 4.78 is 11.6.